The molecule has 0 saturated carbocycles. The van der Waals surface area contributed by atoms with Crippen LogP contribution in [-0.4, -0.2) is 22.8 Å². The third-order valence-electron chi connectivity index (χ3n) is 6.28. The predicted octanol–water partition coefficient (Wildman–Crippen LogP) is 7.73. The van der Waals surface area contributed by atoms with Crippen molar-refractivity contribution in [3.8, 4) is 0 Å². The van der Waals surface area contributed by atoms with E-state index in [1.165, 1.54) is 89.0 Å². The molecule has 0 bridgehead atoms. The summed E-state index contributed by atoms with van der Waals surface area (Å²) in [5.41, 5.74) is 1.21. The van der Waals surface area contributed by atoms with Crippen LogP contribution in [0.3, 0.4) is 0 Å². The lowest BCUT2D eigenvalue weighted by Crippen LogP contribution is -2.40. The second kappa shape index (κ2) is 16.7. The van der Waals surface area contributed by atoms with Gasteiger partial charge in [-0.1, -0.05) is 115 Å². The van der Waals surface area contributed by atoms with Crippen LogP contribution in [0.4, 0.5) is 0 Å². The Kier molecular flexibility index (Phi) is 14.9. The molecule has 1 aliphatic rings. The van der Waals surface area contributed by atoms with Crippen molar-refractivity contribution in [3.63, 3.8) is 0 Å². The molecule has 0 aromatic heterocycles. The van der Waals surface area contributed by atoms with Crippen molar-refractivity contribution in [1.29, 1.82) is 0 Å². The Bertz CT molecular complexity index is 467. The molecule has 1 fully saturated rings. The molecular formula is C26H47NO2. The van der Waals surface area contributed by atoms with Gasteiger partial charge in [0.15, 0.2) is 0 Å². The van der Waals surface area contributed by atoms with Crippen LogP contribution in [0.15, 0.2) is 11.6 Å². The number of rotatable bonds is 18. The first-order valence-corrected chi connectivity index (χ1v) is 12.6. The van der Waals surface area contributed by atoms with E-state index in [9.17, 15) is 9.59 Å². The summed E-state index contributed by atoms with van der Waals surface area (Å²) in [7, 11) is 0. The standard InChI is InChI=1S/C26H47NO2/c1-4-6-8-9-10-11-12-13-14-15-16-18-20-24(23(3)19-17-7-5-2)27-25(28)21-22-26(27)29/h19,24H,4-18,20-22H2,1-3H3. The molecule has 0 aromatic carbocycles. The van der Waals surface area contributed by atoms with Gasteiger partial charge in [-0.05, 0) is 19.8 Å². The van der Waals surface area contributed by atoms with Crippen LogP contribution in [0.2, 0.25) is 0 Å². The second-order valence-corrected chi connectivity index (χ2v) is 8.94. The van der Waals surface area contributed by atoms with E-state index in [-0.39, 0.29) is 17.9 Å². The van der Waals surface area contributed by atoms with E-state index in [2.05, 4.69) is 26.8 Å². The highest BCUT2D eigenvalue weighted by atomic mass is 16.2. The number of allylic oxidation sites excluding steroid dienone is 1. The molecule has 3 heteroatoms. The van der Waals surface area contributed by atoms with Crippen molar-refractivity contribution < 1.29 is 9.59 Å². The van der Waals surface area contributed by atoms with Crippen molar-refractivity contribution in [2.24, 2.45) is 0 Å². The Balaban J connectivity index is 2.26. The van der Waals surface area contributed by atoms with E-state index >= 15 is 0 Å². The molecule has 0 spiro atoms. The molecule has 1 aliphatic heterocycles. The first-order chi connectivity index (χ1) is 14.1. The van der Waals surface area contributed by atoms with Crippen LogP contribution in [0.25, 0.3) is 0 Å². The summed E-state index contributed by atoms with van der Waals surface area (Å²) in [6.45, 7) is 6.58. The van der Waals surface area contributed by atoms with Gasteiger partial charge in [-0.3, -0.25) is 14.5 Å². The van der Waals surface area contributed by atoms with Crippen LogP contribution >= 0.6 is 0 Å². The predicted molar refractivity (Wildman–Crippen MR) is 124 cm³/mol. The maximum Gasteiger partial charge on any atom is 0.230 e. The van der Waals surface area contributed by atoms with E-state index in [0.29, 0.717) is 12.8 Å². The maximum absolute atomic E-state index is 12.3. The molecule has 1 saturated heterocycles. The van der Waals surface area contributed by atoms with Crippen molar-refractivity contribution >= 4 is 11.8 Å². The van der Waals surface area contributed by atoms with Gasteiger partial charge in [-0.25, -0.2) is 0 Å². The number of carbonyl (C=O) groups excluding carboxylic acids is 2. The lowest BCUT2D eigenvalue weighted by Gasteiger charge is -2.27. The molecule has 0 N–H and O–H groups in total. The molecule has 0 aliphatic carbocycles. The zero-order valence-electron chi connectivity index (χ0n) is 19.6. The number of hydrogen-bond donors (Lipinski definition) is 0. The van der Waals surface area contributed by atoms with Crippen LogP contribution in [0.1, 0.15) is 136 Å². The summed E-state index contributed by atoms with van der Waals surface area (Å²) in [4.78, 5) is 26.1. The highest BCUT2D eigenvalue weighted by molar-refractivity contribution is 6.02. The van der Waals surface area contributed by atoms with Gasteiger partial charge in [0.2, 0.25) is 11.8 Å². The molecule has 1 atom stereocenters. The number of hydrogen-bond acceptors (Lipinski definition) is 2. The average molecular weight is 406 g/mol. The Morgan fingerprint density at radius 1 is 0.759 bits per heavy atom. The molecular weight excluding hydrogens is 358 g/mol. The Labute approximate surface area is 180 Å². The van der Waals surface area contributed by atoms with Gasteiger partial charge in [0.25, 0.3) is 0 Å². The molecule has 3 nitrogen and oxygen atoms in total. The summed E-state index contributed by atoms with van der Waals surface area (Å²) in [5, 5.41) is 0. The first kappa shape index (κ1) is 25.9. The Morgan fingerprint density at radius 3 is 1.69 bits per heavy atom. The number of carbonyl (C=O) groups is 2. The summed E-state index contributed by atoms with van der Waals surface area (Å²) >= 11 is 0. The number of nitrogens with zero attached hydrogens (tertiary/aromatic N) is 1. The van der Waals surface area contributed by atoms with Gasteiger partial charge in [0, 0.05) is 12.8 Å². The topological polar surface area (TPSA) is 37.4 Å². The summed E-state index contributed by atoms with van der Waals surface area (Å²) in [5.74, 6) is 0.0596. The summed E-state index contributed by atoms with van der Waals surface area (Å²) in [6, 6.07) is -0.00234. The van der Waals surface area contributed by atoms with E-state index in [4.69, 9.17) is 0 Å². The summed E-state index contributed by atoms with van der Waals surface area (Å²) in [6.07, 6.45) is 23.4. The number of unbranched alkanes of at least 4 members (excludes halogenated alkanes) is 13. The molecule has 1 rings (SSSR count). The second-order valence-electron chi connectivity index (χ2n) is 8.94. The van der Waals surface area contributed by atoms with Crippen molar-refractivity contribution in [2.75, 3.05) is 0 Å². The van der Waals surface area contributed by atoms with E-state index in [1.807, 2.05) is 0 Å². The third-order valence-corrected chi connectivity index (χ3v) is 6.28. The minimum atomic E-state index is -0.00234. The zero-order valence-corrected chi connectivity index (χ0v) is 19.6. The van der Waals surface area contributed by atoms with Crippen molar-refractivity contribution in [3.05, 3.63) is 11.6 Å². The fourth-order valence-electron chi connectivity index (χ4n) is 4.35. The van der Waals surface area contributed by atoms with Gasteiger partial charge >= 0.3 is 0 Å². The average Bonchev–Trinajstić information content (AvgIpc) is 3.04. The van der Waals surface area contributed by atoms with Crippen LogP contribution in [0.5, 0.6) is 0 Å². The zero-order chi connectivity index (χ0) is 21.3. The van der Waals surface area contributed by atoms with Crippen LogP contribution in [0, 0.1) is 0 Å². The van der Waals surface area contributed by atoms with E-state index in [0.717, 1.165) is 19.3 Å². The minimum Gasteiger partial charge on any atom is -0.275 e. The quantitative estimate of drug-likeness (QED) is 0.133. The Hall–Kier alpha value is -1.12. The van der Waals surface area contributed by atoms with Gasteiger partial charge in [0.1, 0.15) is 0 Å². The fourth-order valence-corrected chi connectivity index (χ4v) is 4.35. The number of imide groups is 1. The van der Waals surface area contributed by atoms with Gasteiger partial charge < -0.3 is 0 Å². The molecule has 2 amide bonds. The Morgan fingerprint density at radius 2 is 1.21 bits per heavy atom. The molecule has 1 unspecified atom stereocenters. The molecule has 168 valence electrons. The van der Waals surface area contributed by atoms with E-state index in [1.54, 1.807) is 4.90 Å². The lowest BCUT2D eigenvalue weighted by molar-refractivity contribution is -0.140. The first-order valence-electron chi connectivity index (χ1n) is 12.6. The maximum atomic E-state index is 12.3. The highest BCUT2D eigenvalue weighted by Gasteiger charge is 2.35. The minimum absolute atomic E-state index is 0.00234. The van der Waals surface area contributed by atoms with E-state index < -0.39 is 0 Å². The smallest absolute Gasteiger partial charge is 0.230 e. The van der Waals surface area contributed by atoms with Gasteiger partial charge in [-0.2, -0.15) is 0 Å². The lowest BCUT2D eigenvalue weighted by atomic mass is 9.97. The van der Waals surface area contributed by atoms with Gasteiger partial charge in [-0.15, -0.1) is 0 Å². The summed E-state index contributed by atoms with van der Waals surface area (Å²) < 4.78 is 0. The molecule has 0 radical (unpaired) electrons. The van der Waals surface area contributed by atoms with Gasteiger partial charge in [0.05, 0.1) is 6.04 Å². The highest BCUT2D eigenvalue weighted by Crippen LogP contribution is 2.25. The number of amides is 2. The molecule has 29 heavy (non-hydrogen) atoms. The van der Waals surface area contributed by atoms with Crippen molar-refractivity contribution in [1.82, 2.24) is 4.90 Å². The number of likely N-dealkylation sites (tertiary alicyclic amines) is 1. The monoisotopic (exact) mass is 405 g/mol. The largest absolute Gasteiger partial charge is 0.275 e. The van der Waals surface area contributed by atoms with Crippen LogP contribution < -0.4 is 0 Å². The molecule has 0 aromatic rings. The molecule has 1 heterocycles. The van der Waals surface area contributed by atoms with Crippen LogP contribution in [-0.2, 0) is 9.59 Å². The fraction of sp³-hybridized carbons (Fsp3) is 0.846. The SMILES string of the molecule is CCCCC=C(C)C(CCCCCCCCCCCCCC)N1C(=O)CCC1=O. The van der Waals surface area contributed by atoms with Crippen molar-refractivity contribution in [2.45, 2.75) is 142 Å². The normalized spacial score (nSPS) is 16.1. The third kappa shape index (κ3) is 11.0.